The Balaban J connectivity index is 2.62. The molecule has 0 aromatic carbocycles. The van der Waals surface area contributed by atoms with Gasteiger partial charge in [-0.25, -0.2) is 4.79 Å². The SMILES string of the molecule is CC(C)[C@@H](NC(=O)[C@@H]1CCCO1)C(=O)OC(C)(C)C. The summed E-state index contributed by atoms with van der Waals surface area (Å²) >= 11 is 0. The van der Waals surface area contributed by atoms with Crippen LogP contribution in [0.4, 0.5) is 0 Å². The van der Waals surface area contributed by atoms with E-state index in [9.17, 15) is 9.59 Å². The molecule has 1 aliphatic rings. The van der Waals surface area contributed by atoms with Crippen molar-refractivity contribution in [2.24, 2.45) is 5.92 Å². The van der Waals surface area contributed by atoms with Crippen LogP contribution in [0.3, 0.4) is 0 Å². The monoisotopic (exact) mass is 271 g/mol. The number of esters is 1. The van der Waals surface area contributed by atoms with Gasteiger partial charge in [-0.15, -0.1) is 0 Å². The summed E-state index contributed by atoms with van der Waals surface area (Å²) in [5.74, 6) is -0.642. The van der Waals surface area contributed by atoms with Crippen molar-refractivity contribution in [1.82, 2.24) is 5.32 Å². The zero-order chi connectivity index (χ0) is 14.6. The molecule has 1 amide bonds. The summed E-state index contributed by atoms with van der Waals surface area (Å²) in [7, 11) is 0. The van der Waals surface area contributed by atoms with Crippen molar-refractivity contribution in [2.75, 3.05) is 6.61 Å². The molecular weight excluding hydrogens is 246 g/mol. The molecule has 1 N–H and O–H groups in total. The molecule has 5 heteroatoms. The number of amides is 1. The fourth-order valence-electron chi connectivity index (χ4n) is 1.89. The minimum absolute atomic E-state index is 0.0276. The van der Waals surface area contributed by atoms with Gasteiger partial charge in [0.05, 0.1) is 0 Å². The molecule has 1 fully saturated rings. The highest BCUT2D eigenvalue weighted by atomic mass is 16.6. The number of hydrogen-bond donors (Lipinski definition) is 1. The highest BCUT2D eigenvalue weighted by Crippen LogP contribution is 2.15. The Morgan fingerprint density at radius 3 is 2.37 bits per heavy atom. The van der Waals surface area contributed by atoms with Crippen LogP contribution in [0.2, 0.25) is 0 Å². The van der Waals surface area contributed by atoms with Crippen molar-refractivity contribution < 1.29 is 19.1 Å². The predicted molar refractivity (Wildman–Crippen MR) is 71.6 cm³/mol. The Bertz CT molecular complexity index is 327. The fraction of sp³-hybridized carbons (Fsp3) is 0.857. The van der Waals surface area contributed by atoms with Crippen LogP contribution < -0.4 is 5.32 Å². The molecule has 110 valence electrons. The zero-order valence-electron chi connectivity index (χ0n) is 12.5. The average molecular weight is 271 g/mol. The molecular formula is C14H25NO4. The molecule has 1 rings (SSSR count). The van der Waals surface area contributed by atoms with Crippen LogP contribution in [0, 0.1) is 5.92 Å². The van der Waals surface area contributed by atoms with E-state index in [1.165, 1.54) is 0 Å². The molecule has 0 radical (unpaired) electrons. The van der Waals surface area contributed by atoms with Gasteiger partial charge in [0.15, 0.2) is 0 Å². The number of ether oxygens (including phenoxy) is 2. The summed E-state index contributed by atoms with van der Waals surface area (Å²) in [5, 5.41) is 2.74. The molecule has 2 atom stereocenters. The Hall–Kier alpha value is -1.10. The average Bonchev–Trinajstić information content (AvgIpc) is 2.75. The van der Waals surface area contributed by atoms with E-state index in [2.05, 4.69) is 5.32 Å². The largest absolute Gasteiger partial charge is 0.458 e. The van der Waals surface area contributed by atoms with E-state index in [0.29, 0.717) is 13.0 Å². The van der Waals surface area contributed by atoms with E-state index in [4.69, 9.17) is 9.47 Å². The third-order valence-corrected chi connectivity index (χ3v) is 2.85. The minimum Gasteiger partial charge on any atom is -0.458 e. The Labute approximate surface area is 115 Å². The van der Waals surface area contributed by atoms with Gasteiger partial charge in [-0.3, -0.25) is 4.79 Å². The van der Waals surface area contributed by atoms with Crippen LogP contribution in [-0.2, 0) is 19.1 Å². The van der Waals surface area contributed by atoms with E-state index in [-0.39, 0.29) is 11.8 Å². The van der Waals surface area contributed by atoms with E-state index < -0.39 is 23.7 Å². The van der Waals surface area contributed by atoms with Crippen molar-refractivity contribution in [3.05, 3.63) is 0 Å². The third-order valence-electron chi connectivity index (χ3n) is 2.85. The topological polar surface area (TPSA) is 64.6 Å². The summed E-state index contributed by atoms with van der Waals surface area (Å²) in [6, 6.07) is -0.629. The van der Waals surface area contributed by atoms with Gasteiger partial charge in [0.25, 0.3) is 0 Å². The van der Waals surface area contributed by atoms with E-state index in [1.807, 2.05) is 34.6 Å². The number of nitrogens with one attached hydrogen (secondary N) is 1. The summed E-state index contributed by atoms with van der Waals surface area (Å²) in [5.41, 5.74) is -0.557. The van der Waals surface area contributed by atoms with Crippen LogP contribution in [0.1, 0.15) is 47.5 Å². The summed E-state index contributed by atoms with van der Waals surface area (Å²) in [6.45, 7) is 9.80. The molecule has 0 spiro atoms. The first-order valence-corrected chi connectivity index (χ1v) is 6.85. The first kappa shape index (κ1) is 16.0. The quantitative estimate of drug-likeness (QED) is 0.790. The van der Waals surface area contributed by atoms with Crippen molar-refractivity contribution in [1.29, 1.82) is 0 Å². The van der Waals surface area contributed by atoms with Gasteiger partial charge >= 0.3 is 5.97 Å². The maximum Gasteiger partial charge on any atom is 0.329 e. The van der Waals surface area contributed by atoms with Crippen LogP contribution in [0.25, 0.3) is 0 Å². The van der Waals surface area contributed by atoms with Crippen molar-refractivity contribution in [3.8, 4) is 0 Å². The molecule has 1 aliphatic heterocycles. The standard InChI is InChI=1S/C14H25NO4/c1-9(2)11(13(17)19-14(3,4)5)15-12(16)10-7-6-8-18-10/h9-11H,6-8H2,1-5H3,(H,15,16)/t10-,11+/m0/s1. The molecule has 0 unspecified atom stereocenters. The lowest BCUT2D eigenvalue weighted by atomic mass is 10.0. The summed E-state index contributed by atoms with van der Waals surface area (Å²) in [4.78, 5) is 24.1. The Kier molecular flexibility index (Phi) is 5.35. The van der Waals surface area contributed by atoms with Gasteiger partial charge in [-0.1, -0.05) is 13.8 Å². The van der Waals surface area contributed by atoms with Crippen LogP contribution in [0.15, 0.2) is 0 Å². The van der Waals surface area contributed by atoms with Gasteiger partial charge < -0.3 is 14.8 Å². The second-order valence-electron chi connectivity index (χ2n) is 6.27. The summed E-state index contributed by atoms with van der Waals surface area (Å²) < 4.78 is 10.6. The number of carbonyl (C=O) groups is 2. The summed E-state index contributed by atoms with van der Waals surface area (Å²) in [6.07, 6.45) is 1.17. The fourth-order valence-corrected chi connectivity index (χ4v) is 1.89. The van der Waals surface area contributed by atoms with Crippen molar-refractivity contribution in [2.45, 2.75) is 65.2 Å². The Morgan fingerprint density at radius 1 is 1.32 bits per heavy atom. The molecule has 0 aliphatic carbocycles. The van der Waals surface area contributed by atoms with Crippen LogP contribution >= 0.6 is 0 Å². The molecule has 0 aromatic heterocycles. The zero-order valence-corrected chi connectivity index (χ0v) is 12.5. The van der Waals surface area contributed by atoms with Gasteiger partial charge in [0, 0.05) is 6.61 Å². The predicted octanol–water partition coefficient (Wildman–Crippen LogP) is 1.65. The number of hydrogen-bond acceptors (Lipinski definition) is 4. The van der Waals surface area contributed by atoms with E-state index >= 15 is 0 Å². The van der Waals surface area contributed by atoms with Crippen molar-refractivity contribution >= 4 is 11.9 Å². The highest BCUT2D eigenvalue weighted by molar-refractivity contribution is 5.87. The maximum absolute atomic E-state index is 12.1. The molecule has 0 bridgehead atoms. The van der Waals surface area contributed by atoms with Crippen LogP contribution in [-0.4, -0.2) is 36.2 Å². The molecule has 5 nitrogen and oxygen atoms in total. The second kappa shape index (κ2) is 6.37. The van der Waals surface area contributed by atoms with E-state index in [1.54, 1.807) is 0 Å². The van der Waals surface area contributed by atoms with Gasteiger partial charge in [-0.05, 0) is 39.5 Å². The third kappa shape index (κ3) is 5.19. The number of carbonyl (C=O) groups excluding carboxylic acids is 2. The first-order valence-electron chi connectivity index (χ1n) is 6.85. The first-order chi connectivity index (χ1) is 8.70. The lowest BCUT2D eigenvalue weighted by Crippen LogP contribution is -2.50. The van der Waals surface area contributed by atoms with Gasteiger partial charge in [0.1, 0.15) is 17.7 Å². The smallest absolute Gasteiger partial charge is 0.329 e. The molecule has 1 saturated heterocycles. The lowest BCUT2D eigenvalue weighted by Gasteiger charge is -2.27. The molecule has 1 heterocycles. The second-order valence-corrected chi connectivity index (χ2v) is 6.27. The van der Waals surface area contributed by atoms with E-state index in [0.717, 1.165) is 6.42 Å². The maximum atomic E-state index is 12.1. The molecule has 0 aromatic rings. The highest BCUT2D eigenvalue weighted by Gasteiger charge is 2.32. The van der Waals surface area contributed by atoms with Gasteiger partial charge in [0.2, 0.25) is 5.91 Å². The normalized spacial score (nSPS) is 21.3. The molecule has 0 saturated carbocycles. The minimum atomic E-state index is -0.629. The lowest BCUT2D eigenvalue weighted by molar-refractivity contribution is -0.160. The molecule has 19 heavy (non-hydrogen) atoms. The van der Waals surface area contributed by atoms with Gasteiger partial charge in [-0.2, -0.15) is 0 Å². The Morgan fingerprint density at radius 2 is 1.95 bits per heavy atom. The number of rotatable bonds is 4. The van der Waals surface area contributed by atoms with Crippen molar-refractivity contribution in [3.63, 3.8) is 0 Å². The van der Waals surface area contributed by atoms with Crippen LogP contribution in [0.5, 0.6) is 0 Å².